The summed E-state index contributed by atoms with van der Waals surface area (Å²) in [6.07, 6.45) is 6.60. The molecule has 0 aliphatic heterocycles. The Morgan fingerprint density at radius 3 is 2.88 bits per heavy atom. The minimum atomic E-state index is 0.990. The minimum absolute atomic E-state index is 0.990. The summed E-state index contributed by atoms with van der Waals surface area (Å²) >= 11 is 3.50. The van der Waals surface area contributed by atoms with E-state index in [9.17, 15) is 0 Å². The van der Waals surface area contributed by atoms with Gasteiger partial charge in [-0.15, -0.1) is 11.3 Å². The number of thiophene rings is 1. The first-order chi connectivity index (χ1) is 11.9. The maximum atomic E-state index is 4.78. The molecule has 5 rings (SSSR count). The molecule has 3 aromatic heterocycles. The molecule has 1 aromatic carbocycles. The predicted molar refractivity (Wildman–Crippen MR) is 99.9 cm³/mol. The van der Waals surface area contributed by atoms with Crippen LogP contribution in [-0.4, -0.2) is 15.0 Å². The Kier molecular flexibility index (Phi) is 3.49. The number of nitrogens with zero attached hydrogens (tertiary/aromatic N) is 3. The van der Waals surface area contributed by atoms with E-state index in [0.29, 0.717) is 0 Å². The molecule has 118 valence electrons. The molecule has 3 heterocycles. The molecule has 0 saturated carbocycles. The van der Waals surface area contributed by atoms with E-state index in [1.54, 1.807) is 18.1 Å². The molecule has 0 saturated heterocycles. The standard InChI is InChI=1S/C19H15N3S2/c1-3-7-14-12(5-1)9-10-16(22-14)24-19-17-13-6-2-4-8-15(13)23-18(17)20-11-21-19/h1,3,5,7,9-11H,2,4,6,8H2. The molecular weight excluding hydrogens is 334 g/mol. The van der Waals surface area contributed by atoms with Crippen LogP contribution in [0, 0.1) is 0 Å². The van der Waals surface area contributed by atoms with E-state index < -0.39 is 0 Å². The highest BCUT2D eigenvalue weighted by atomic mass is 32.2. The SMILES string of the molecule is c1ccc2nc(Sc3ncnc4sc5c(c34)CCCC5)ccc2c1. The zero-order chi connectivity index (χ0) is 15.9. The largest absolute Gasteiger partial charge is 0.241 e. The summed E-state index contributed by atoms with van der Waals surface area (Å²) in [5.41, 5.74) is 2.50. The Morgan fingerprint density at radius 1 is 0.958 bits per heavy atom. The van der Waals surface area contributed by atoms with E-state index >= 15 is 0 Å². The third-order valence-corrected chi connectivity index (χ3v) is 6.63. The van der Waals surface area contributed by atoms with Gasteiger partial charge in [-0.3, -0.25) is 0 Å². The molecule has 0 N–H and O–H groups in total. The molecule has 24 heavy (non-hydrogen) atoms. The molecule has 5 heteroatoms. The first kappa shape index (κ1) is 14.4. The lowest BCUT2D eigenvalue weighted by molar-refractivity contribution is 0.699. The van der Waals surface area contributed by atoms with E-state index in [-0.39, 0.29) is 0 Å². The van der Waals surface area contributed by atoms with Gasteiger partial charge < -0.3 is 0 Å². The van der Waals surface area contributed by atoms with E-state index in [2.05, 4.69) is 34.2 Å². The number of aromatic nitrogens is 3. The lowest BCUT2D eigenvalue weighted by Crippen LogP contribution is -1.99. The summed E-state index contributed by atoms with van der Waals surface area (Å²) in [5, 5.41) is 4.46. The number of fused-ring (bicyclic) bond motifs is 4. The van der Waals surface area contributed by atoms with Crippen LogP contribution < -0.4 is 0 Å². The van der Waals surface area contributed by atoms with Gasteiger partial charge in [-0.25, -0.2) is 15.0 Å². The number of benzene rings is 1. The number of pyridine rings is 1. The second-order valence-electron chi connectivity index (χ2n) is 6.01. The Bertz CT molecular complexity index is 1060. The van der Waals surface area contributed by atoms with Gasteiger partial charge in [-0.2, -0.15) is 0 Å². The van der Waals surface area contributed by atoms with E-state index in [1.807, 2.05) is 23.5 Å². The predicted octanol–water partition coefficient (Wildman–Crippen LogP) is 5.27. The van der Waals surface area contributed by atoms with Gasteiger partial charge in [0.2, 0.25) is 0 Å². The molecule has 3 nitrogen and oxygen atoms in total. The second kappa shape index (κ2) is 5.83. The molecule has 0 amide bonds. The van der Waals surface area contributed by atoms with Crippen molar-refractivity contribution in [2.75, 3.05) is 0 Å². The third-order valence-electron chi connectivity index (χ3n) is 4.49. The van der Waals surface area contributed by atoms with Gasteiger partial charge in [-0.1, -0.05) is 24.3 Å². The van der Waals surface area contributed by atoms with Crippen molar-refractivity contribution in [3.8, 4) is 0 Å². The fourth-order valence-electron chi connectivity index (χ4n) is 3.34. The van der Waals surface area contributed by atoms with Crippen molar-refractivity contribution >= 4 is 44.2 Å². The second-order valence-corrected chi connectivity index (χ2v) is 8.11. The summed E-state index contributed by atoms with van der Waals surface area (Å²) < 4.78 is 0. The molecule has 0 bridgehead atoms. The van der Waals surface area contributed by atoms with Crippen molar-refractivity contribution in [1.82, 2.24) is 15.0 Å². The molecule has 0 radical (unpaired) electrons. The number of para-hydroxylation sites is 1. The van der Waals surface area contributed by atoms with Crippen LogP contribution in [-0.2, 0) is 12.8 Å². The maximum absolute atomic E-state index is 4.78. The quantitative estimate of drug-likeness (QED) is 0.462. The number of hydrogen-bond donors (Lipinski definition) is 0. The molecule has 1 aliphatic carbocycles. The van der Waals surface area contributed by atoms with Crippen molar-refractivity contribution in [2.45, 2.75) is 35.7 Å². The van der Waals surface area contributed by atoms with Crippen molar-refractivity contribution in [2.24, 2.45) is 0 Å². The zero-order valence-electron chi connectivity index (χ0n) is 13.0. The zero-order valence-corrected chi connectivity index (χ0v) is 14.7. The minimum Gasteiger partial charge on any atom is -0.241 e. The van der Waals surface area contributed by atoms with Crippen LogP contribution in [0.5, 0.6) is 0 Å². The molecular formula is C19H15N3S2. The lowest BCUT2D eigenvalue weighted by atomic mass is 9.97. The molecule has 4 aromatic rings. The van der Waals surface area contributed by atoms with Crippen LogP contribution in [0.2, 0.25) is 0 Å². The van der Waals surface area contributed by atoms with Gasteiger partial charge in [0.15, 0.2) is 0 Å². The summed E-state index contributed by atoms with van der Waals surface area (Å²) in [7, 11) is 0. The van der Waals surface area contributed by atoms with Gasteiger partial charge in [0, 0.05) is 15.6 Å². The fraction of sp³-hybridized carbons (Fsp3) is 0.211. The average molecular weight is 349 g/mol. The van der Waals surface area contributed by atoms with Gasteiger partial charge >= 0.3 is 0 Å². The highest BCUT2D eigenvalue weighted by Gasteiger charge is 2.20. The normalized spacial score (nSPS) is 14.2. The molecule has 0 atom stereocenters. The lowest BCUT2D eigenvalue weighted by Gasteiger charge is -2.11. The van der Waals surface area contributed by atoms with Crippen molar-refractivity contribution in [3.63, 3.8) is 0 Å². The first-order valence-electron chi connectivity index (χ1n) is 8.17. The van der Waals surface area contributed by atoms with E-state index in [0.717, 1.165) is 26.8 Å². The monoisotopic (exact) mass is 349 g/mol. The Balaban J connectivity index is 1.62. The Hall–Kier alpha value is -1.98. The highest BCUT2D eigenvalue weighted by molar-refractivity contribution is 7.99. The van der Waals surface area contributed by atoms with Crippen molar-refractivity contribution < 1.29 is 0 Å². The summed E-state index contributed by atoms with van der Waals surface area (Å²) in [5.74, 6) is 0. The maximum Gasteiger partial charge on any atom is 0.128 e. The Labute approximate surface area is 148 Å². The third kappa shape index (κ3) is 2.39. The summed E-state index contributed by atoms with van der Waals surface area (Å²) in [6, 6.07) is 12.4. The van der Waals surface area contributed by atoms with E-state index in [4.69, 9.17) is 4.98 Å². The van der Waals surface area contributed by atoms with Crippen LogP contribution in [0.1, 0.15) is 23.3 Å². The molecule has 0 unspecified atom stereocenters. The van der Waals surface area contributed by atoms with Crippen molar-refractivity contribution in [3.05, 3.63) is 53.2 Å². The van der Waals surface area contributed by atoms with Crippen LogP contribution in [0.15, 0.2) is 52.8 Å². The molecule has 1 aliphatic rings. The first-order valence-corrected chi connectivity index (χ1v) is 9.81. The fourth-order valence-corrected chi connectivity index (χ4v) is 5.54. The van der Waals surface area contributed by atoms with Gasteiger partial charge in [-0.05, 0) is 55.1 Å². The highest BCUT2D eigenvalue weighted by Crippen LogP contribution is 2.40. The molecule has 0 spiro atoms. The molecule has 0 fully saturated rings. The van der Waals surface area contributed by atoms with Gasteiger partial charge in [0.1, 0.15) is 21.2 Å². The topological polar surface area (TPSA) is 38.7 Å². The van der Waals surface area contributed by atoms with E-state index in [1.165, 1.54) is 40.5 Å². The van der Waals surface area contributed by atoms with Crippen LogP contribution in [0.4, 0.5) is 0 Å². The number of hydrogen-bond acceptors (Lipinski definition) is 5. The smallest absolute Gasteiger partial charge is 0.128 e. The van der Waals surface area contributed by atoms with Crippen LogP contribution in [0.3, 0.4) is 0 Å². The number of aryl methyl sites for hydroxylation is 2. The van der Waals surface area contributed by atoms with Gasteiger partial charge in [0.25, 0.3) is 0 Å². The average Bonchev–Trinajstić information content (AvgIpc) is 3.01. The summed E-state index contributed by atoms with van der Waals surface area (Å²) in [4.78, 5) is 16.5. The Morgan fingerprint density at radius 2 is 1.88 bits per heavy atom. The van der Waals surface area contributed by atoms with Crippen LogP contribution >= 0.6 is 23.1 Å². The van der Waals surface area contributed by atoms with Crippen molar-refractivity contribution in [1.29, 1.82) is 0 Å². The van der Waals surface area contributed by atoms with Crippen LogP contribution in [0.25, 0.3) is 21.1 Å². The number of rotatable bonds is 2. The van der Waals surface area contributed by atoms with Gasteiger partial charge in [0.05, 0.1) is 5.52 Å². The summed E-state index contributed by atoms with van der Waals surface area (Å²) in [6.45, 7) is 0.